The maximum Gasteiger partial charge on any atom is 0.414 e. The molecule has 1 atom stereocenters. The minimum absolute atomic E-state index is 0.280. The highest BCUT2D eigenvalue weighted by atomic mass is 16.6. The van der Waals surface area contributed by atoms with Gasteiger partial charge >= 0.3 is 12.1 Å². The second kappa shape index (κ2) is 7.70. The summed E-state index contributed by atoms with van der Waals surface area (Å²) in [5.74, 6) is 0.334. The predicted molar refractivity (Wildman–Crippen MR) is 101 cm³/mol. The zero-order valence-electron chi connectivity index (χ0n) is 15.7. The van der Waals surface area contributed by atoms with Crippen LogP contribution in [0, 0.1) is 0 Å². The molecule has 3 rings (SSSR count). The Hall–Kier alpha value is -3.02. The summed E-state index contributed by atoms with van der Waals surface area (Å²) in [6.45, 7) is 6.12. The molecule has 0 N–H and O–H groups in total. The van der Waals surface area contributed by atoms with Crippen molar-refractivity contribution in [2.45, 2.75) is 32.5 Å². The lowest BCUT2D eigenvalue weighted by molar-refractivity contribution is 0.00695. The summed E-state index contributed by atoms with van der Waals surface area (Å²) in [5.41, 5.74) is 0.542. The summed E-state index contributed by atoms with van der Waals surface area (Å²) in [7, 11) is 0. The topological polar surface area (TPSA) is 65.1 Å². The van der Waals surface area contributed by atoms with E-state index in [9.17, 15) is 9.59 Å². The number of hydrogen-bond acceptors (Lipinski definition) is 5. The van der Waals surface area contributed by atoms with Gasteiger partial charge in [0.15, 0.2) is 6.10 Å². The number of carbonyl (C=O) groups excluding carboxylic acids is 2. The maximum absolute atomic E-state index is 12.2. The van der Waals surface area contributed by atoms with Crippen molar-refractivity contribution in [3.8, 4) is 5.75 Å². The third kappa shape index (κ3) is 5.00. The molecule has 1 aliphatic heterocycles. The van der Waals surface area contributed by atoms with Crippen LogP contribution in [0.1, 0.15) is 31.1 Å². The van der Waals surface area contributed by atoms with E-state index < -0.39 is 17.7 Å². The number of rotatable bonds is 5. The fourth-order valence-corrected chi connectivity index (χ4v) is 2.64. The van der Waals surface area contributed by atoms with Crippen molar-refractivity contribution < 1.29 is 23.8 Å². The van der Waals surface area contributed by atoms with Gasteiger partial charge in [0.25, 0.3) is 0 Å². The molecule has 1 amide bonds. The number of anilines is 1. The second-order valence-corrected chi connectivity index (χ2v) is 7.29. The van der Waals surface area contributed by atoms with Crippen molar-refractivity contribution >= 4 is 17.7 Å². The molecule has 2 aromatic carbocycles. The standard InChI is InChI=1S/C21H23NO5/c1-21(2,3)27-19(23)15-9-11-16(12-10-15)22-13-18(26-20(22)24)14-25-17-7-5-4-6-8-17/h4-12,18H,13-14H2,1-3H3. The predicted octanol–water partition coefficient (Wildman–Crippen LogP) is 4.05. The summed E-state index contributed by atoms with van der Waals surface area (Å²) < 4.78 is 16.4. The quantitative estimate of drug-likeness (QED) is 0.744. The van der Waals surface area contributed by atoms with Gasteiger partial charge in [0.1, 0.15) is 18.0 Å². The summed E-state index contributed by atoms with van der Waals surface area (Å²) in [6, 6.07) is 16.1. The first-order valence-electron chi connectivity index (χ1n) is 8.81. The van der Waals surface area contributed by atoms with Crippen molar-refractivity contribution in [1.82, 2.24) is 0 Å². The Balaban J connectivity index is 1.59. The lowest BCUT2D eigenvalue weighted by Crippen LogP contribution is -2.27. The highest BCUT2D eigenvalue weighted by Crippen LogP contribution is 2.23. The molecule has 1 aliphatic rings. The van der Waals surface area contributed by atoms with E-state index in [1.807, 2.05) is 51.1 Å². The van der Waals surface area contributed by atoms with Gasteiger partial charge in [0.05, 0.1) is 12.1 Å². The van der Waals surface area contributed by atoms with E-state index in [0.717, 1.165) is 5.75 Å². The largest absolute Gasteiger partial charge is 0.490 e. The number of hydrogen-bond donors (Lipinski definition) is 0. The summed E-state index contributed by atoms with van der Waals surface area (Å²) in [4.78, 5) is 25.8. The molecule has 27 heavy (non-hydrogen) atoms. The van der Waals surface area contributed by atoms with E-state index in [4.69, 9.17) is 14.2 Å². The van der Waals surface area contributed by atoms with Gasteiger partial charge in [0, 0.05) is 5.69 Å². The molecule has 0 saturated carbocycles. The number of benzene rings is 2. The first kappa shape index (κ1) is 18.8. The Labute approximate surface area is 158 Å². The van der Waals surface area contributed by atoms with Crippen molar-refractivity contribution in [3.63, 3.8) is 0 Å². The molecular formula is C21H23NO5. The van der Waals surface area contributed by atoms with E-state index in [0.29, 0.717) is 17.8 Å². The molecule has 142 valence electrons. The highest BCUT2D eigenvalue weighted by Gasteiger charge is 2.33. The average molecular weight is 369 g/mol. The lowest BCUT2D eigenvalue weighted by Gasteiger charge is -2.19. The van der Waals surface area contributed by atoms with Gasteiger partial charge in [-0.05, 0) is 57.2 Å². The molecular weight excluding hydrogens is 346 g/mol. The van der Waals surface area contributed by atoms with Gasteiger partial charge in [-0.15, -0.1) is 0 Å². The Morgan fingerprint density at radius 1 is 1.11 bits per heavy atom. The highest BCUT2D eigenvalue weighted by molar-refractivity contribution is 5.92. The maximum atomic E-state index is 12.2. The summed E-state index contributed by atoms with van der Waals surface area (Å²) in [6.07, 6.45) is -0.787. The second-order valence-electron chi connectivity index (χ2n) is 7.29. The van der Waals surface area contributed by atoms with Crippen LogP contribution >= 0.6 is 0 Å². The Morgan fingerprint density at radius 2 is 1.78 bits per heavy atom. The average Bonchev–Trinajstić information content (AvgIpc) is 3.00. The zero-order valence-corrected chi connectivity index (χ0v) is 15.7. The van der Waals surface area contributed by atoms with Gasteiger partial charge < -0.3 is 14.2 Å². The van der Waals surface area contributed by atoms with Crippen molar-refractivity contribution in [1.29, 1.82) is 0 Å². The molecule has 0 bridgehead atoms. The van der Waals surface area contributed by atoms with Crippen LogP contribution in [0.2, 0.25) is 0 Å². The molecule has 0 aliphatic carbocycles. The molecule has 1 fully saturated rings. The van der Waals surface area contributed by atoms with Crippen molar-refractivity contribution in [2.75, 3.05) is 18.1 Å². The first-order chi connectivity index (χ1) is 12.8. The number of nitrogens with zero attached hydrogens (tertiary/aromatic N) is 1. The minimum Gasteiger partial charge on any atom is -0.490 e. The van der Waals surface area contributed by atoms with Crippen LogP contribution in [-0.4, -0.2) is 36.9 Å². The van der Waals surface area contributed by atoms with Gasteiger partial charge in [-0.25, -0.2) is 9.59 Å². The minimum atomic E-state index is -0.555. The Bertz CT molecular complexity index is 796. The van der Waals surface area contributed by atoms with Crippen LogP contribution in [0.25, 0.3) is 0 Å². The van der Waals surface area contributed by atoms with E-state index >= 15 is 0 Å². The van der Waals surface area contributed by atoms with E-state index in [-0.39, 0.29) is 12.7 Å². The van der Waals surface area contributed by atoms with Gasteiger partial charge in [-0.2, -0.15) is 0 Å². The molecule has 0 aromatic heterocycles. The van der Waals surface area contributed by atoms with Gasteiger partial charge in [-0.1, -0.05) is 18.2 Å². The third-order valence-electron chi connectivity index (χ3n) is 3.87. The van der Waals surface area contributed by atoms with Gasteiger partial charge in [0.2, 0.25) is 0 Å². The van der Waals surface area contributed by atoms with Crippen LogP contribution in [0.4, 0.5) is 10.5 Å². The number of amides is 1. The van der Waals surface area contributed by atoms with Crippen LogP contribution in [0.5, 0.6) is 5.75 Å². The number of esters is 1. The molecule has 6 heteroatoms. The monoisotopic (exact) mass is 369 g/mol. The summed E-state index contributed by atoms with van der Waals surface area (Å²) >= 11 is 0. The molecule has 1 heterocycles. The van der Waals surface area contributed by atoms with Crippen LogP contribution in [0.3, 0.4) is 0 Å². The lowest BCUT2D eigenvalue weighted by atomic mass is 10.1. The smallest absolute Gasteiger partial charge is 0.414 e. The zero-order chi connectivity index (χ0) is 19.4. The number of cyclic esters (lactones) is 1. The van der Waals surface area contributed by atoms with E-state index in [1.54, 1.807) is 24.3 Å². The summed E-state index contributed by atoms with van der Waals surface area (Å²) in [5, 5.41) is 0. The van der Waals surface area contributed by atoms with Crippen molar-refractivity contribution in [3.05, 3.63) is 60.2 Å². The fourth-order valence-electron chi connectivity index (χ4n) is 2.64. The van der Waals surface area contributed by atoms with Crippen LogP contribution < -0.4 is 9.64 Å². The molecule has 1 saturated heterocycles. The Kier molecular flexibility index (Phi) is 5.35. The molecule has 0 radical (unpaired) electrons. The molecule has 1 unspecified atom stereocenters. The van der Waals surface area contributed by atoms with E-state index in [2.05, 4.69) is 0 Å². The normalized spacial score (nSPS) is 16.8. The van der Waals surface area contributed by atoms with E-state index in [1.165, 1.54) is 4.90 Å². The van der Waals surface area contributed by atoms with Crippen LogP contribution in [0.15, 0.2) is 54.6 Å². The van der Waals surface area contributed by atoms with Crippen molar-refractivity contribution in [2.24, 2.45) is 0 Å². The third-order valence-corrected chi connectivity index (χ3v) is 3.87. The fraction of sp³-hybridized carbons (Fsp3) is 0.333. The van der Waals surface area contributed by atoms with Crippen LogP contribution in [-0.2, 0) is 9.47 Å². The molecule has 0 spiro atoms. The molecule has 6 nitrogen and oxygen atoms in total. The molecule has 2 aromatic rings. The number of para-hydroxylation sites is 1. The number of carbonyl (C=O) groups is 2. The van der Waals surface area contributed by atoms with Gasteiger partial charge in [-0.3, -0.25) is 4.90 Å². The Morgan fingerprint density at radius 3 is 2.41 bits per heavy atom. The first-order valence-corrected chi connectivity index (χ1v) is 8.81. The number of ether oxygens (including phenoxy) is 3. The SMILES string of the molecule is CC(C)(C)OC(=O)c1ccc(N2CC(COc3ccccc3)OC2=O)cc1.